The normalized spacial score (nSPS) is 23.0. The number of rotatable bonds is 2. The van der Waals surface area contributed by atoms with E-state index in [1.54, 1.807) is 0 Å². The van der Waals surface area contributed by atoms with Gasteiger partial charge in [-0.3, -0.25) is 4.98 Å². The van der Waals surface area contributed by atoms with Crippen molar-refractivity contribution < 1.29 is 8.76 Å². The zero-order valence-electron chi connectivity index (χ0n) is 11.4. The smallest absolute Gasteiger partial charge is 0.187 e. The fourth-order valence-corrected chi connectivity index (χ4v) is 4.17. The number of fused-ring (bicyclic) bond motifs is 2. The summed E-state index contributed by atoms with van der Waals surface area (Å²) in [4.78, 5) is 5.16. The Morgan fingerprint density at radius 2 is 2.10 bits per heavy atom. The van der Waals surface area contributed by atoms with Crippen molar-refractivity contribution in [3.8, 4) is 0 Å². The fraction of sp³-hybridized carbons (Fsp3) is 0.438. The number of aromatic nitrogens is 1. The van der Waals surface area contributed by atoms with E-state index in [1.807, 2.05) is 12.3 Å². The Kier molecular flexibility index (Phi) is 2.72. The van der Waals surface area contributed by atoms with Gasteiger partial charge in [-0.15, -0.1) is 0 Å². The second-order valence-corrected chi connectivity index (χ2v) is 7.12. The van der Waals surface area contributed by atoms with Crippen molar-refractivity contribution in [1.82, 2.24) is 4.98 Å². The molecule has 2 unspecified atom stereocenters. The van der Waals surface area contributed by atoms with Crippen LogP contribution in [-0.4, -0.2) is 13.7 Å². The van der Waals surface area contributed by atoms with Crippen molar-refractivity contribution in [2.75, 3.05) is 0 Å². The monoisotopic (exact) mass is 287 g/mol. The first-order valence-corrected chi connectivity index (χ1v) is 8.29. The molecule has 3 nitrogen and oxygen atoms in total. The molecule has 1 aromatic carbocycles. The van der Waals surface area contributed by atoms with E-state index >= 15 is 0 Å². The molecule has 2 aliphatic rings. The molecular formula is C16H17NO2S. The molecule has 2 aromatic rings. The minimum Gasteiger partial charge on any atom is -0.302 e. The second-order valence-electron chi connectivity index (χ2n) is 6.21. The van der Waals surface area contributed by atoms with Crippen LogP contribution in [0.25, 0.3) is 10.8 Å². The molecular weight excluding hydrogens is 270 g/mol. The summed E-state index contributed by atoms with van der Waals surface area (Å²) in [5.74, 6) is 1.12. The summed E-state index contributed by atoms with van der Waals surface area (Å²) in [5.41, 5.74) is 3.40. The molecule has 104 valence electrons. The third-order valence-electron chi connectivity index (χ3n) is 4.48. The Bertz CT molecular complexity index is 737. The third-order valence-corrected chi connectivity index (χ3v) is 5.30. The van der Waals surface area contributed by atoms with Gasteiger partial charge in [-0.25, -0.2) is 4.21 Å². The minimum absolute atomic E-state index is 0.556. The van der Waals surface area contributed by atoms with Gasteiger partial charge < -0.3 is 4.55 Å². The highest BCUT2D eigenvalue weighted by Gasteiger charge is 2.28. The van der Waals surface area contributed by atoms with Crippen molar-refractivity contribution in [1.29, 1.82) is 0 Å². The molecule has 0 radical (unpaired) electrons. The lowest BCUT2D eigenvalue weighted by atomic mass is 10.0. The van der Waals surface area contributed by atoms with E-state index in [-0.39, 0.29) is 0 Å². The number of benzene rings is 1. The van der Waals surface area contributed by atoms with Crippen LogP contribution in [0.3, 0.4) is 0 Å². The first-order valence-electron chi connectivity index (χ1n) is 7.18. The summed E-state index contributed by atoms with van der Waals surface area (Å²) in [6, 6.07) is 4.20. The fourth-order valence-electron chi connectivity index (χ4n) is 3.38. The minimum atomic E-state index is -1.93. The van der Waals surface area contributed by atoms with Crippen LogP contribution in [0.2, 0.25) is 0 Å². The third kappa shape index (κ3) is 1.90. The van der Waals surface area contributed by atoms with E-state index in [1.165, 1.54) is 18.4 Å². The Hall–Kier alpha value is -1.26. The van der Waals surface area contributed by atoms with Crippen LogP contribution in [0.15, 0.2) is 23.2 Å². The molecule has 0 saturated heterocycles. The van der Waals surface area contributed by atoms with Gasteiger partial charge in [0.1, 0.15) is 0 Å². The maximum absolute atomic E-state index is 11.9. The first-order chi connectivity index (χ1) is 9.63. The largest absolute Gasteiger partial charge is 0.302 e. The SMILES string of the molecule is CC1Cc2cc3cnc(C4CC4)cc3c(S(=O)O)c2C1. The lowest BCUT2D eigenvalue weighted by Crippen LogP contribution is -2.00. The molecule has 0 aliphatic heterocycles. The molecule has 1 N–H and O–H groups in total. The average Bonchev–Trinajstić information content (AvgIpc) is 3.17. The van der Waals surface area contributed by atoms with Gasteiger partial charge in [0.15, 0.2) is 11.1 Å². The van der Waals surface area contributed by atoms with Gasteiger partial charge in [0, 0.05) is 28.6 Å². The van der Waals surface area contributed by atoms with Crippen LogP contribution in [0.1, 0.15) is 42.5 Å². The predicted molar refractivity (Wildman–Crippen MR) is 79.3 cm³/mol. The molecule has 2 atom stereocenters. The van der Waals surface area contributed by atoms with Crippen molar-refractivity contribution in [3.63, 3.8) is 0 Å². The van der Waals surface area contributed by atoms with Crippen LogP contribution in [0.4, 0.5) is 0 Å². The summed E-state index contributed by atoms with van der Waals surface area (Å²) in [6.45, 7) is 2.20. The maximum atomic E-state index is 11.9. The van der Waals surface area contributed by atoms with Crippen molar-refractivity contribution in [3.05, 3.63) is 35.2 Å². The summed E-state index contributed by atoms with van der Waals surface area (Å²) >= 11 is -1.93. The van der Waals surface area contributed by atoms with Gasteiger partial charge in [0.2, 0.25) is 0 Å². The van der Waals surface area contributed by atoms with Crippen LogP contribution in [0.5, 0.6) is 0 Å². The first kappa shape index (κ1) is 12.5. The van der Waals surface area contributed by atoms with Gasteiger partial charge in [-0.1, -0.05) is 6.92 Å². The Morgan fingerprint density at radius 1 is 1.30 bits per heavy atom. The molecule has 0 spiro atoms. The molecule has 1 fully saturated rings. The van der Waals surface area contributed by atoms with E-state index < -0.39 is 11.1 Å². The molecule has 0 amide bonds. The van der Waals surface area contributed by atoms with Crippen LogP contribution in [-0.2, 0) is 23.9 Å². The zero-order valence-corrected chi connectivity index (χ0v) is 12.2. The summed E-state index contributed by atoms with van der Waals surface area (Å²) in [6.07, 6.45) is 6.17. The molecule has 4 heteroatoms. The van der Waals surface area contributed by atoms with Gasteiger partial charge in [-0.2, -0.15) is 0 Å². The Labute approximate surface area is 120 Å². The van der Waals surface area contributed by atoms with E-state index in [4.69, 9.17) is 0 Å². The highest BCUT2D eigenvalue weighted by Crippen LogP contribution is 2.42. The maximum Gasteiger partial charge on any atom is 0.187 e. The number of hydrogen-bond acceptors (Lipinski definition) is 2. The lowest BCUT2D eigenvalue weighted by molar-refractivity contribution is 0.563. The van der Waals surface area contributed by atoms with E-state index in [0.29, 0.717) is 16.7 Å². The number of pyridine rings is 1. The topological polar surface area (TPSA) is 50.2 Å². The number of nitrogens with zero attached hydrogens (tertiary/aromatic N) is 1. The zero-order chi connectivity index (χ0) is 13.9. The Balaban J connectivity index is 2.01. The standard InChI is InChI=1S/C16H17NO2S/c1-9-4-11-6-12-8-17-15(10-2-3-10)7-14(12)16(20(18)19)13(11)5-9/h6-10H,2-5H2,1H3,(H,18,19). The summed E-state index contributed by atoms with van der Waals surface area (Å²) in [5, 5.41) is 1.93. The molecule has 0 bridgehead atoms. The van der Waals surface area contributed by atoms with Gasteiger partial charge in [-0.05, 0) is 54.9 Å². The summed E-state index contributed by atoms with van der Waals surface area (Å²) < 4.78 is 21.6. The van der Waals surface area contributed by atoms with Crippen molar-refractivity contribution in [2.24, 2.45) is 5.92 Å². The van der Waals surface area contributed by atoms with Crippen LogP contribution < -0.4 is 0 Å². The molecule has 1 saturated carbocycles. The van der Waals surface area contributed by atoms with Crippen LogP contribution in [0, 0.1) is 5.92 Å². The number of hydrogen-bond donors (Lipinski definition) is 1. The van der Waals surface area contributed by atoms with E-state index in [0.717, 1.165) is 34.9 Å². The van der Waals surface area contributed by atoms with Gasteiger partial charge >= 0.3 is 0 Å². The Morgan fingerprint density at radius 3 is 2.80 bits per heavy atom. The highest BCUT2D eigenvalue weighted by atomic mass is 32.2. The van der Waals surface area contributed by atoms with E-state index in [9.17, 15) is 8.76 Å². The predicted octanol–water partition coefficient (Wildman–Crippen LogP) is 3.43. The van der Waals surface area contributed by atoms with E-state index in [2.05, 4.69) is 18.0 Å². The summed E-state index contributed by atoms with van der Waals surface area (Å²) in [7, 11) is 0. The molecule has 2 aliphatic carbocycles. The van der Waals surface area contributed by atoms with Gasteiger partial charge in [0.25, 0.3) is 0 Å². The second kappa shape index (κ2) is 4.37. The molecule has 20 heavy (non-hydrogen) atoms. The van der Waals surface area contributed by atoms with Crippen molar-refractivity contribution in [2.45, 2.75) is 43.4 Å². The van der Waals surface area contributed by atoms with Crippen LogP contribution >= 0.6 is 0 Å². The van der Waals surface area contributed by atoms with Crippen molar-refractivity contribution >= 4 is 21.9 Å². The lowest BCUT2D eigenvalue weighted by Gasteiger charge is -2.11. The van der Waals surface area contributed by atoms with Gasteiger partial charge in [0.05, 0.1) is 4.90 Å². The highest BCUT2D eigenvalue weighted by molar-refractivity contribution is 7.79. The molecule has 1 aromatic heterocycles. The molecule has 1 heterocycles. The average molecular weight is 287 g/mol. The quantitative estimate of drug-likeness (QED) is 0.861. The molecule has 4 rings (SSSR count).